The van der Waals surface area contributed by atoms with Gasteiger partial charge >= 0.3 is 0 Å². The maximum Gasteiger partial charge on any atom is 0.244 e. The molecule has 5 nitrogen and oxygen atoms in total. The number of hydrogen-bond acceptors (Lipinski definition) is 5. The fraction of sp³-hybridized carbons (Fsp3) is 0.500. The Labute approximate surface area is 123 Å². The topological polar surface area (TPSA) is 70.6 Å². The molecule has 0 spiro atoms. The number of methoxy groups -OCH3 is 1. The van der Waals surface area contributed by atoms with Crippen molar-refractivity contribution in [1.29, 1.82) is 0 Å². The molecule has 1 heterocycles. The molecule has 0 saturated carbocycles. The number of carbonyl (C=O) groups is 1. The van der Waals surface area contributed by atoms with E-state index in [0.717, 1.165) is 36.6 Å². The lowest BCUT2D eigenvalue weighted by molar-refractivity contribution is -0.129. The third kappa shape index (κ3) is 3.88. The van der Waals surface area contributed by atoms with Gasteiger partial charge in [0.1, 0.15) is 5.75 Å². The Hall–Kier alpha value is -1.24. The second-order valence-corrected chi connectivity index (χ2v) is 6.46. The highest BCUT2D eigenvalue weighted by molar-refractivity contribution is 8.00. The van der Waals surface area contributed by atoms with E-state index in [0.29, 0.717) is 6.42 Å². The summed E-state index contributed by atoms with van der Waals surface area (Å²) in [5.41, 5.74) is 1.75. The SMILES string of the molecule is COc1ccc(SC2(CC(=O)NO)CCNCC2)cc1. The Balaban J connectivity index is 2.11. The van der Waals surface area contributed by atoms with Crippen molar-refractivity contribution in [3.05, 3.63) is 24.3 Å². The van der Waals surface area contributed by atoms with Gasteiger partial charge in [-0.25, -0.2) is 5.48 Å². The summed E-state index contributed by atoms with van der Waals surface area (Å²) in [7, 11) is 1.64. The van der Waals surface area contributed by atoms with E-state index in [1.54, 1.807) is 24.4 Å². The van der Waals surface area contributed by atoms with Crippen LogP contribution in [0.4, 0.5) is 0 Å². The van der Waals surface area contributed by atoms with Crippen molar-refractivity contribution in [2.24, 2.45) is 0 Å². The van der Waals surface area contributed by atoms with E-state index in [4.69, 9.17) is 9.94 Å². The van der Waals surface area contributed by atoms with Crippen molar-refractivity contribution >= 4 is 17.7 Å². The molecule has 3 N–H and O–H groups in total. The van der Waals surface area contributed by atoms with Crippen LogP contribution in [-0.4, -0.2) is 36.1 Å². The molecule has 2 rings (SSSR count). The summed E-state index contributed by atoms with van der Waals surface area (Å²) in [6, 6.07) is 7.85. The predicted molar refractivity (Wildman–Crippen MR) is 78.2 cm³/mol. The lowest BCUT2D eigenvalue weighted by Gasteiger charge is -2.36. The number of amides is 1. The predicted octanol–water partition coefficient (Wildman–Crippen LogP) is 1.80. The number of nitrogens with one attached hydrogen (secondary N) is 2. The van der Waals surface area contributed by atoms with Crippen molar-refractivity contribution in [3.63, 3.8) is 0 Å². The third-order valence-corrected chi connectivity index (χ3v) is 5.01. The molecule has 1 saturated heterocycles. The van der Waals surface area contributed by atoms with Crippen molar-refractivity contribution in [3.8, 4) is 5.75 Å². The number of thioether (sulfide) groups is 1. The minimum absolute atomic E-state index is 0.160. The van der Waals surface area contributed by atoms with E-state index >= 15 is 0 Å². The maximum absolute atomic E-state index is 11.6. The van der Waals surface area contributed by atoms with Crippen LogP contribution in [0.3, 0.4) is 0 Å². The summed E-state index contributed by atoms with van der Waals surface area (Å²) < 4.78 is 4.99. The molecular formula is C14H20N2O3S. The molecule has 0 atom stereocenters. The number of benzene rings is 1. The summed E-state index contributed by atoms with van der Waals surface area (Å²) in [5.74, 6) is 0.495. The number of hydroxylamine groups is 1. The van der Waals surface area contributed by atoms with Crippen LogP contribution in [0.25, 0.3) is 0 Å². The summed E-state index contributed by atoms with van der Waals surface area (Å²) in [6.07, 6.45) is 2.12. The lowest BCUT2D eigenvalue weighted by atomic mass is 9.93. The molecule has 1 aliphatic heterocycles. The van der Waals surface area contributed by atoms with Gasteiger partial charge in [0.05, 0.1) is 7.11 Å². The van der Waals surface area contributed by atoms with Crippen LogP contribution in [0.5, 0.6) is 5.75 Å². The van der Waals surface area contributed by atoms with Gasteiger partial charge in [-0.2, -0.15) is 0 Å². The number of hydrogen-bond donors (Lipinski definition) is 3. The van der Waals surface area contributed by atoms with E-state index < -0.39 is 0 Å². The third-order valence-electron chi connectivity index (χ3n) is 3.52. The van der Waals surface area contributed by atoms with Gasteiger partial charge in [0, 0.05) is 16.1 Å². The average molecular weight is 296 g/mol. The molecule has 0 aromatic heterocycles. The average Bonchev–Trinajstić information content (AvgIpc) is 2.48. The van der Waals surface area contributed by atoms with Crippen LogP contribution in [0.2, 0.25) is 0 Å². The molecule has 1 aromatic carbocycles. The van der Waals surface area contributed by atoms with Crippen molar-refractivity contribution in [2.75, 3.05) is 20.2 Å². The monoisotopic (exact) mass is 296 g/mol. The second kappa shape index (κ2) is 6.97. The maximum atomic E-state index is 11.6. The number of carbonyl (C=O) groups excluding carboxylic acids is 1. The van der Waals surface area contributed by atoms with E-state index in [-0.39, 0.29) is 10.7 Å². The van der Waals surface area contributed by atoms with Crippen LogP contribution < -0.4 is 15.5 Å². The first-order chi connectivity index (χ1) is 9.67. The fourth-order valence-corrected chi connectivity index (χ4v) is 3.81. The zero-order chi connectivity index (χ0) is 14.4. The Morgan fingerprint density at radius 2 is 2.05 bits per heavy atom. The van der Waals surface area contributed by atoms with Gasteiger partial charge in [-0.1, -0.05) is 0 Å². The largest absolute Gasteiger partial charge is 0.497 e. The smallest absolute Gasteiger partial charge is 0.244 e. The fourth-order valence-electron chi connectivity index (χ4n) is 2.42. The molecule has 0 radical (unpaired) electrons. The lowest BCUT2D eigenvalue weighted by Crippen LogP contribution is -2.42. The van der Waals surface area contributed by atoms with Gasteiger partial charge in [-0.15, -0.1) is 11.8 Å². The second-order valence-electron chi connectivity index (χ2n) is 4.92. The van der Waals surface area contributed by atoms with Crippen molar-refractivity contribution in [2.45, 2.75) is 28.9 Å². The Kier molecular flexibility index (Phi) is 5.28. The summed E-state index contributed by atoms with van der Waals surface area (Å²) >= 11 is 1.71. The molecule has 110 valence electrons. The van der Waals surface area contributed by atoms with E-state index in [1.165, 1.54) is 0 Å². The van der Waals surface area contributed by atoms with Crippen LogP contribution in [0, 0.1) is 0 Å². The van der Waals surface area contributed by atoms with Crippen LogP contribution in [0.1, 0.15) is 19.3 Å². The Morgan fingerprint density at radius 1 is 1.40 bits per heavy atom. The zero-order valence-corrected chi connectivity index (χ0v) is 12.3. The summed E-state index contributed by atoms with van der Waals surface area (Å²) in [5, 5.41) is 12.1. The molecule has 0 unspecified atom stereocenters. The van der Waals surface area contributed by atoms with Gasteiger partial charge in [0.15, 0.2) is 0 Å². The molecule has 1 amide bonds. The number of ether oxygens (including phenoxy) is 1. The Bertz CT molecular complexity index is 444. The van der Waals surface area contributed by atoms with E-state index in [2.05, 4.69) is 5.32 Å². The molecule has 0 bridgehead atoms. The standard InChI is InChI=1S/C14H20N2O3S/c1-19-11-2-4-12(5-3-11)20-14(10-13(17)16-18)6-8-15-9-7-14/h2-5,15,18H,6-10H2,1H3,(H,16,17). The number of rotatable bonds is 5. The Morgan fingerprint density at radius 3 is 2.60 bits per heavy atom. The first-order valence-corrected chi connectivity index (χ1v) is 7.46. The van der Waals surface area contributed by atoms with Gasteiger partial charge in [-0.05, 0) is 50.2 Å². The van der Waals surface area contributed by atoms with Crippen molar-refractivity contribution < 1.29 is 14.7 Å². The highest BCUT2D eigenvalue weighted by Gasteiger charge is 2.35. The van der Waals surface area contributed by atoms with Crippen molar-refractivity contribution in [1.82, 2.24) is 10.8 Å². The van der Waals surface area contributed by atoms with Gasteiger partial charge < -0.3 is 10.1 Å². The summed E-state index contributed by atoms with van der Waals surface area (Å²) in [4.78, 5) is 12.7. The highest BCUT2D eigenvalue weighted by atomic mass is 32.2. The van der Waals surface area contributed by atoms with E-state index in [1.807, 2.05) is 24.3 Å². The van der Waals surface area contributed by atoms with E-state index in [9.17, 15) is 4.79 Å². The van der Waals surface area contributed by atoms with Crippen LogP contribution >= 0.6 is 11.8 Å². The number of piperidine rings is 1. The van der Waals surface area contributed by atoms with Crippen LogP contribution in [-0.2, 0) is 4.79 Å². The molecule has 6 heteroatoms. The molecule has 1 aromatic rings. The quantitative estimate of drug-likeness (QED) is 0.571. The first kappa shape index (κ1) is 15.2. The minimum Gasteiger partial charge on any atom is -0.497 e. The minimum atomic E-state index is -0.326. The normalized spacial score (nSPS) is 17.5. The zero-order valence-electron chi connectivity index (χ0n) is 11.5. The highest BCUT2D eigenvalue weighted by Crippen LogP contribution is 2.42. The van der Waals surface area contributed by atoms with Gasteiger partial charge in [0.25, 0.3) is 0 Å². The molecular weight excluding hydrogens is 276 g/mol. The molecule has 20 heavy (non-hydrogen) atoms. The molecule has 1 aliphatic rings. The van der Waals surface area contributed by atoms with Gasteiger partial charge in [-0.3, -0.25) is 10.0 Å². The first-order valence-electron chi connectivity index (χ1n) is 6.64. The van der Waals surface area contributed by atoms with Crippen LogP contribution in [0.15, 0.2) is 29.2 Å². The summed E-state index contributed by atoms with van der Waals surface area (Å²) in [6.45, 7) is 1.78. The van der Waals surface area contributed by atoms with Gasteiger partial charge in [0.2, 0.25) is 5.91 Å². The molecule has 1 fully saturated rings. The molecule has 0 aliphatic carbocycles.